The Labute approximate surface area is 153 Å². The minimum atomic E-state index is -0.390. The molecule has 0 radical (unpaired) electrons. The van der Waals surface area contributed by atoms with Gasteiger partial charge in [0.25, 0.3) is 0 Å². The van der Waals surface area contributed by atoms with E-state index in [4.69, 9.17) is 27.6 Å². The van der Waals surface area contributed by atoms with Gasteiger partial charge in [0.15, 0.2) is 11.7 Å². The molecule has 0 spiro atoms. The van der Waals surface area contributed by atoms with Crippen molar-refractivity contribution in [1.82, 2.24) is 4.98 Å². The van der Waals surface area contributed by atoms with Crippen LogP contribution < -0.4 is 5.32 Å². The van der Waals surface area contributed by atoms with Gasteiger partial charge in [0.1, 0.15) is 5.82 Å². The van der Waals surface area contributed by atoms with Crippen LogP contribution in [0.25, 0.3) is 11.3 Å². The largest absolute Gasteiger partial charge is 0.441 e. The summed E-state index contributed by atoms with van der Waals surface area (Å²) < 4.78 is 19.3. The first kappa shape index (κ1) is 17.5. The fourth-order valence-electron chi connectivity index (χ4n) is 2.24. The zero-order valence-electron chi connectivity index (χ0n) is 12.9. The number of anilines is 1. The Kier molecular flexibility index (Phi) is 5.36. The van der Waals surface area contributed by atoms with Crippen LogP contribution in [-0.2, 0) is 11.2 Å². The number of halogens is 3. The Morgan fingerprint density at radius 1 is 1.16 bits per heavy atom. The van der Waals surface area contributed by atoms with Crippen molar-refractivity contribution in [2.75, 3.05) is 5.32 Å². The number of rotatable bonds is 5. The monoisotopic (exact) mass is 378 g/mol. The van der Waals surface area contributed by atoms with Gasteiger partial charge in [-0.05, 0) is 24.3 Å². The van der Waals surface area contributed by atoms with E-state index in [2.05, 4.69) is 10.3 Å². The molecule has 0 bridgehead atoms. The molecule has 0 fully saturated rings. The molecule has 0 saturated heterocycles. The second-order valence-electron chi connectivity index (χ2n) is 5.25. The first-order valence-corrected chi connectivity index (χ1v) is 8.23. The van der Waals surface area contributed by atoms with Crippen molar-refractivity contribution in [3.63, 3.8) is 0 Å². The number of hydrogen-bond acceptors (Lipinski definition) is 3. The summed E-state index contributed by atoms with van der Waals surface area (Å²) in [5.41, 5.74) is 0.773. The Bertz CT molecular complexity index is 912. The van der Waals surface area contributed by atoms with E-state index in [0.717, 1.165) is 0 Å². The van der Waals surface area contributed by atoms with Crippen LogP contribution in [0.15, 0.2) is 53.1 Å². The van der Waals surface area contributed by atoms with Gasteiger partial charge in [0, 0.05) is 12.8 Å². The van der Waals surface area contributed by atoms with Crippen LogP contribution in [0.1, 0.15) is 12.3 Å². The van der Waals surface area contributed by atoms with Crippen molar-refractivity contribution >= 4 is 34.8 Å². The molecule has 0 saturated carbocycles. The summed E-state index contributed by atoms with van der Waals surface area (Å²) in [6, 6.07) is 11.3. The van der Waals surface area contributed by atoms with E-state index in [-0.39, 0.29) is 23.8 Å². The molecule has 1 heterocycles. The van der Waals surface area contributed by atoms with Gasteiger partial charge in [-0.25, -0.2) is 9.37 Å². The minimum Gasteiger partial charge on any atom is -0.441 e. The Hall–Kier alpha value is -2.37. The summed E-state index contributed by atoms with van der Waals surface area (Å²) in [6.45, 7) is 0. The Morgan fingerprint density at radius 3 is 2.76 bits per heavy atom. The minimum absolute atomic E-state index is 0.139. The Morgan fingerprint density at radius 2 is 1.96 bits per heavy atom. The van der Waals surface area contributed by atoms with Crippen LogP contribution >= 0.6 is 23.2 Å². The zero-order valence-corrected chi connectivity index (χ0v) is 14.4. The van der Waals surface area contributed by atoms with Crippen molar-refractivity contribution in [3.05, 3.63) is 70.4 Å². The van der Waals surface area contributed by atoms with Crippen LogP contribution in [-0.4, -0.2) is 10.9 Å². The van der Waals surface area contributed by atoms with Crippen LogP contribution in [0.4, 0.5) is 10.1 Å². The van der Waals surface area contributed by atoms with Crippen molar-refractivity contribution in [1.29, 1.82) is 0 Å². The maximum absolute atomic E-state index is 13.7. The summed E-state index contributed by atoms with van der Waals surface area (Å²) in [6.07, 6.45) is 1.86. The molecule has 0 aliphatic carbocycles. The molecule has 128 valence electrons. The molecule has 3 rings (SSSR count). The van der Waals surface area contributed by atoms with Crippen molar-refractivity contribution < 1.29 is 13.6 Å². The number of aromatic nitrogens is 1. The predicted octanol–water partition coefficient (Wildman–Crippen LogP) is 5.36. The Balaban J connectivity index is 1.62. The van der Waals surface area contributed by atoms with Crippen molar-refractivity contribution in [3.8, 4) is 11.3 Å². The van der Waals surface area contributed by atoms with Gasteiger partial charge >= 0.3 is 0 Å². The molecule has 1 aromatic heterocycles. The summed E-state index contributed by atoms with van der Waals surface area (Å²) in [7, 11) is 0. The lowest BCUT2D eigenvalue weighted by Crippen LogP contribution is -2.12. The highest BCUT2D eigenvalue weighted by Crippen LogP contribution is 2.29. The van der Waals surface area contributed by atoms with Gasteiger partial charge in [-0.1, -0.05) is 41.4 Å². The number of nitrogens with zero attached hydrogens (tertiary/aromatic N) is 1. The summed E-state index contributed by atoms with van der Waals surface area (Å²) in [5, 5.41) is 3.33. The predicted molar refractivity (Wildman–Crippen MR) is 95.3 cm³/mol. The third-order valence-electron chi connectivity index (χ3n) is 3.48. The average molecular weight is 379 g/mol. The lowest BCUT2D eigenvalue weighted by Gasteiger charge is -2.07. The van der Waals surface area contributed by atoms with Gasteiger partial charge < -0.3 is 9.73 Å². The molecule has 1 amide bonds. The zero-order chi connectivity index (χ0) is 17.8. The van der Waals surface area contributed by atoms with Crippen LogP contribution in [0.5, 0.6) is 0 Å². The fraction of sp³-hybridized carbons (Fsp3) is 0.111. The van der Waals surface area contributed by atoms with Crippen molar-refractivity contribution in [2.24, 2.45) is 0 Å². The van der Waals surface area contributed by atoms with Crippen LogP contribution in [0.2, 0.25) is 10.0 Å². The van der Waals surface area contributed by atoms with E-state index in [0.29, 0.717) is 27.9 Å². The third-order valence-corrected chi connectivity index (χ3v) is 4.30. The molecule has 7 heteroatoms. The number of oxazole rings is 1. The molecule has 0 unspecified atom stereocenters. The van der Waals surface area contributed by atoms with E-state index in [9.17, 15) is 9.18 Å². The number of carbonyl (C=O) groups is 1. The summed E-state index contributed by atoms with van der Waals surface area (Å²) in [5.74, 6) is 0.0327. The maximum Gasteiger partial charge on any atom is 0.224 e. The molecule has 25 heavy (non-hydrogen) atoms. The van der Waals surface area contributed by atoms with E-state index >= 15 is 0 Å². The van der Waals surface area contributed by atoms with E-state index in [1.165, 1.54) is 12.3 Å². The van der Waals surface area contributed by atoms with Crippen LogP contribution in [0, 0.1) is 5.82 Å². The third kappa shape index (κ3) is 4.18. The standard InChI is InChI=1S/C18H13Cl2FN2O2/c19-12-5-3-7-14(18(12)20)23-16(24)8-9-17-22-10-15(25-17)11-4-1-2-6-13(11)21/h1-7,10H,8-9H2,(H,23,24). The molecule has 4 nitrogen and oxygen atoms in total. The molecular formula is C18H13Cl2FN2O2. The first-order valence-electron chi connectivity index (χ1n) is 7.48. The quantitative estimate of drug-likeness (QED) is 0.650. The summed E-state index contributed by atoms with van der Waals surface area (Å²) in [4.78, 5) is 16.1. The highest BCUT2D eigenvalue weighted by molar-refractivity contribution is 6.43. The van der Waals surface area contributed by atoms with E-state index in [1.807, 2.05) is 0 Å². The normalized spacial score (nSPS) is 10.7. The number of aryl methyl sites for hydroxylation is 1. The van der Waals surface area contributed by atoms with Crippen molar-refractivity contribution in [2.45, 2.75) is 12.8 Å². The molecule has 3 aromatic rings. The fourth-order valence-corrected chi connectivity index (χ4v) is 2.59. The number of amides is 1. The second kappa shape index (κ2) is 7.68. The molecule has 0 aliphatic rings. The number of carbonyl (C=O) groups excluding carboxylic acids is 1. The lowest BCUT2D eigenvalue weighted by molar-refractivity contribution is -0.116. The summed E-state index contributed by atoms with van der Waals surface area (Å²) >= 11 is 11.9. The van der Waals surface area contributed by atoms with Gasteiger partial charge in [-0.2, -0.15) is 0 Å². The molecule has 1 N–H and O–H groups in total. The van der Waals surface area contributed by atoms with Gasteiger partial charge in [0.05, 0.1) is 27.5 Å². The molecule has 0 atom stereocenters. The molecule has 0 aliphatic heterocycles. The smallest absolute Gasteiger partial charge is 0.224 e. The maximum atomic E-state index is 13.7. The second-order valence-corrected chi connectivity index (χ2v) is 6.03. The van der Waals surface area contributed by atoms with E-state index in [1.54, 1.807) is 36.4 Å². The molecular weight excluding hydrogens is 366 g/mol. The average Bonchev–Trinajstić information content (AvgIpc) is 3.06. The highest BCUT2D eigenvalue weighted by atomic mass is 35.5. The van der Waals surface area contributed by atoms with Crippen LogP contribution in [0.3, 0.4) is 0 Å². The number of hydrogen-bond donors (Lipinski definition) is 1. The highest BCUT2D eigenvalue weighted by Gasteiger charge is 2.13. The number of benzene rings is 2. The SMILES string of the molecule is O=C(CCc1ncc(-c2ccccc2F)o1)Nc1cccc(Cl)c1Cl. The topological polar surface area (TPSA) is 55.1 Å². The first-order chi connectivity index (χ1) is 12.0. The number of nitrogens with one attached hydrogen (secondary N) is 1. The van der Waals surface area contributed by atoms with Gasteiger partial charge in [-0.15, -0.1) is 0 Å². The van der Waals surface area contributed by atoms with Gasteiger partial charge in [0.2, 0.25) is 5.91 Å². The lowest BCUT2D eigenvalue weighted by atomic mass is 10.2. The molecule has 2 aromatic carbocycles. The van der Waals surface area contributed by atoms with E-state index < -0.39 is 5.82 Å². The van der Waals surface area contributed by atoms with Gasteiger partial charge in [-0.3, -0.25) is 4.79 Å².